The summed E-state index contributed by atoms with van der Waals surface area (Å²) >= 11 is 0. The number of rotatable bonds is 6. The molecule has 0 aromatic carbocycles. The first-order chi connectivity index (χ1) is 12.9. The van der Waals surface area contributed by atoms with Crippen LogP contribution in [0.5, 0.6) is 0 Å². The van der Waals surface area contributed by atoms with Gasteiger partial charge in [-0.1, -0.05) is 0 Å². The molecule has 0 amide bonds. The van der Waals surface area contributed by atoms with Gasteiger partial charge < -0.3 is 25.7 Å². The first kappa shape index (κ1) is 19.1. The molecule has 2 aromatic heterocycles. The van der Waals surface area contributed by atoms with E-state index in [1.54, 1.807) is 18.3 Å². The van der Waals surface area contributed by atoms with Gasteiger partial charge >= 0.3 is 0 Å². The third-order valence-electron chi connectivity index (χ3n) is 4.13. The summed E-state index contributed by atoms with van der Waals surface area (Å²) in [5.74, 6) is 2.13. The minimum absolute atomic E-state index is 0.0327. The fraction of sp³-hybridized carbons (Fsp3) is 0.400. The maximum atomic E-state index is 9.31. The number of pyridine rings is 2. The lowest BCUT2D eigenvalue weighted by Crippen LogP contribution is -2.30. The molecule has 144 valence electrons. The molecule has 0 saturated carbocycles. The summed E-state index contributed by atoms with van der Waals surface area (Å²) in [6, 6.07) is 5.57. The largest absolute Gasteiger partial charge is 0.395 e. The molecular weight excluding hydrogens is 342 g/mol. The van der Waals surface area contributed by atoms with Gasteiger partial charge in [0.2, 0.25) is 0 Å². The Morgan fingerprint density at radius 2 is 2.00 bits per heavy atom. The van der Waals surface area contributed by atoms with Crippen LogP contribution in [0.4, 0.5) is 17.5 Å². The van der Waals surface area contributed by atoms with Crippen molar-refractivity contribution in [2.75, 3.05) is 23.8 Å². The van der Waals surface area contributed by atoms with E-state index < -0.39 is 0 Å². The van der Waals surface area contributed by atoms with Crippen molar-refractivity contribution in [1.82, 2.24) is 14.9 Å². The first-order valence-electron chi connectivity index (χ1n) is 9.06. The van der Waals surface area contributed by atoms with Crippen LogP contribution in [0.3, 0.4) is 0 Å². The van der Waals surface area contributed by atoms with Gasteiger partial charge in [0, 0.05) is 36.6 Å². The van der Waals surface area contributed by atoms with E-state index in [1.165, 1.54) is 0 Å². The topological polar surface area (TPSA) is 93.5 Å². The molecule has 1 aliphatic heterocycles. The first-order valence-corrected chi connectivity index (χ1v) is 9.06. The highest BCUT2D eigenvalue weighted by molar-refractivity contribution is 5.69. The average Bonchev–Trinajstić information content (AvgIpc) is 2.61. The number of β-amino-alcohol motifs (C(OH)–C–C–N with tert-alkyl or cyclic N) is 1. The number of anilines is 3. The minimum Gasteiger partial charge on any atom is -0.395 e. The SMILES string of the molecule is CC(C)(C)Nc1nc(Nc2cc(CO)ccn2)cc2c1CN(CCO)C=C2. The standard InChI is InChI=1S/C20H27N5O2/c1-20(2,3)24-19-16-12-25(8-9-26)7-5-15(16)11-18(23-19)22-17-10-14(13-27)4-6-21-17/h4-7,10-11,26-27H,8-9,12-13H2,1-3H3,(H2,21,22,23,24). The summed E-state index contributed by atoms with van der Waals surface area (Å²) in [6.45, 7) is 7.64. The Bertz CT molecular complexity index is 830. The molecule has 7 nitrogen and oxygen atoms in total. The van der Waals surface area contributed by atoms with Crippen molar-refractivity contribution in [2.24, 2.45) is 0 Å². The molecule has 3 heterocycles. The predicted octanol–water partition coefficient (Wildman–Crippen LogP) is 2.70. The number of nitrogens with zero attached hydrogens (tertiary/aromatic N) is 3. The van der Waals surface area contributed by atoms with Crippen molar-refractivity contribution in [3.8, 4) is 0 Å². The molecule has 0 saturated heterocycles. The smallest absolute Gasteiger partial charge is 0.134 e. The lowest BCUT2D eigenvalue weighted by molar-refractivity contribution is 0.232. The molecule has 0 bridgehead atoms. The number of hydrogen-bond acceptors (Lipinski definition) is 7. The van der Waals surface area contributed by atoms with Gasteiger partial charge in [0.15, 0.2) is 0 Å². The number of aliphatic hydroxyl groups is 2. The van der Waals surface area contributed by atoms with Gasteiger partial charge in [0.05, 0.1) is 13.2 Å². The minimum atomic E-state index is -0.141. The normalized spacial score (nSPS) is 13.4. The van der Waals surface area contributed by atoms with Crippen LogP contribution in [-0.2, 0) is 13.2 Å². The van der Waals surface area contributed by atoms with Crippen LogP contribution in [0.2, 0.25) is 0 Å². The Morgan fingerprint density at radius 1 is 1.19 bits per heavy atom. The maximum absolute atomic E-state index is 9.31. The summed E-state index contributed by atoms with van der Waals surface area (Å²) in [5.41, 5.74) is 2.82. The van der Waals surface area contributed by atoms with Gasteiger partial charge in [0.25, 0.3) is 0 Å². The Labute approximate surface area is 159 Å². The highest BCUT2D eigenvalue weighted by Gasteiger charge is 2.20. The summed E-state index contributed by atoms with van der Waals surface area (Å²) in [5, 5.41) is 25.3. The van der Waals surface area contributed by atoms with E-state index >= 15 is 0 Å². The zero-order valence-electron chi connectivity index (χ0n) is 16.0. The van der Waals surface area contributed by atoms with Crippen molar-refractivity contribution in [1.29, 1.82) is 0 Å². The third-order valence-corrected chi connectivity index (χ3v) is 4.13. The van der Waals surface area contributed by atoms with E-state index in [0.717, 1.165) is 22.5 Å². The highest BCUT2D eigenvalue weighted by Crippen LogP contribution is 2.30. The molecule has 0 radical (unpaired) electrons. The van der Waals surface area contributed by atoms with Gasteiger partial charge in [0.1, 0.15) is 17.5 Å². The van der Waals surface area contributed by atoms with Crippen LogP contribution in [0.1, 0.15) is 37.5 Å². The molecule has 2 aromatic rings. The lowest BCUT2D eigenvalue weighted by Gasteiger charge is -2.29. The Hall–Kier alpha value is -2.64. The van der Waals surface area contributed by atoms with Crippen molar-refractivity contribution in [2.45, 2.75) is 39.5 Å². The number of aliphatic hydroxyl groups excluding tert-OH is 2. The van der Waals surface area contributed by atoms with Gasteiger partial charge in [-0.2, -0.15) is 0 Å². The van der Waals surface area contributed by atoms with Gasteiger partial charge in [-0.3, -0.25) is 0 Å². The van der Waals surface area contributed by atoms with E-state index in [-0.39, 0.29) is 18.8 Å². The van der Waals surface area contributed by atoms with E-state index in [9.17, 15) is 10.2 Å². The third kappa shape index (κ3) is 4.96. The van der Waals surface area contributed by atoms with Crippen LogP contribution in [0.15, 0.2) is 30.6 Å². The second-order valence-corrected chi connectivity index (χ2v) is 7.64. The van der Waals surface area contributed by atoms with Gasteiger partial charge in [-0.05, 0) is 56.2 Å². The summed E-state index contributed by atoms with van der Waals surface area (Å²) in [4.78, 5) is 11.1. The zero-order valence-corrected chi connectivity index (χ0v) is 16.0. The van der Waals surface area contributed by atoms with Crippen LogP contribution in [0.25, 0.3) is 6.08 Å². The second kappa shape index (κ2) is 7.94. The monoisotopic (exact) mass is 369 g/mol. The zero-order chi connectivity index (χ0) is 19.4. The molecule has 0 aliphatic carbocycles. The number of nitrogens with one attached hydrogen (secondary N) is 2. The van der Waals surface area contributed by atoms with Gasteiger partial charge in [-0.15, -0.1) is 0 Å². The second-order valence-electron chi connectivity index (χ2n) is 7.64. The van der Waals surface area contributed by atoms with Crippen LogP contribution in [-0.4, -0.2) is 43.8 Å². The lowest BCUT2D eigenvalue weighted by atomic mass is 10.0. The van der Waals surface area contributed by atoms with E-state index in [1.807, 2.05) is 18.3 Å². The molecule has 1 aliphatic rings. The molecular formula is C20H27N5O2. The summed E-state index contributed by atoms with van der Waals surface area (Å²) in [7, 11) is 0. The maximum Gasteiger partial charge on any atom is 0.134 e. The Kier molecular flexibility index (Phi) is 5.62. The molecule has 4 N–H and O–H groups in total. The van der Waals surface area contributed by atoms with Crippen LogP contribution >= 0.6 is 0 Å². The van der Waals surface area contributed by atoms with E-state index in [4.69, 9.17) is 4.98 Å². The predicted molar refractivity (Wildman–Crippen MR) is 108 cm³/mol. The summed E-state index contributed by atoms with van der Waals surface area (Å²) < 4.78 is 0. The van der Waals surface area contributed by atoms with E-state index in [2.05, 4.69) is 41.3 Å². The summed E-state index contributed by atoms with van der Waals surface area (Å²) in [6.07, 6.45) is 5.69. The Morgan fingerprint density at radius 3 is 2.70 bits per heavy atom. The highest BCUT2D eigenvalue weighted by atomic mass is 16.3. The number of hydrogen-bond donors (Lipinski definition) is 4. The van der Waals surface area contributed by atoms with Crippen molar-refractivity contribution < 1.29 is 10.2 Å². The Balaban J connectivity index is 1.95. The molecule has 3 rings (SSSR count). The molecule has 7 heteroatoms. The van der Waals surface area contributed by atoms with Crippen molar-refractivity contribution in [3.63, 3.8) is 0 Å². The molecule has 0 spiro atoms. The quantitative estimate of drug-likeness (QED) is 0.622. The van der Waals surface area contributed by atoms with Crippen molar-refractivity contribution >= 4 is 23.5 Å². The number of aromatic nitrogens is 2. The van der Waals surface area contributed by atoms with Crippen molar-refractivity contribution in [3.05, 3.63) is 47.3 Å². The van der Waals surface area contributed by atoms with Crippen LogP contribution in [0, 0.1) is 0 Å². The molecule has 27 heavy (non-hydrogen) atoms. The fourth-order valence-electron chi connectivity index (χ4n) is 2.92. The molecule has 0 atom stereocenters. The number of fused-ring (bicyclic) bond motifs is 1. The fourth-order valence-corrected chi connectivity index (χ4v) is 2.92. The van der Waals surface area contributed by atoms with Crippen LogP contribution < -0.4 is 10.6 Å². The van der Waals surface area contributed by atoms with Gasteiger partial charge in [-0.25, -0.2) is 9.97 Å². The van der Waals surface area contributed by atoms with E-state index in [0.29, 0.717) is 24.7 Å². The molecule has 0 fully saturated rings. The molecule has 0 unspecified atom stereocenters. The average molecular weight is 369 g/mol.